The Morgan fingerprint density at radius 2 is 2.32 bits per heavy atom. The molecule has 1 N–H and O–H groups in total. The predicted molar refractivity (Wildman–Crippen MR) is 69.3 cm³/mol. The Kier molecular flexibility index (Phi) is 3.87. The summed E-state index contributed by atoms with van der Waals surface area (Å²) in [4.78, 5) is 11.8. The van der Waals surface area contributed by atoms with Crippen LogP contribution in [0, 0.1) is 11.3 Å². The standard InChI is InChI=1S/C15H17NO3/c1-2-19-14(18)13(17)15(10-16)9-5-7-11-6-3-4-8-12(11)15/h3-4,6,8,13,17H,2,5,7,9H2,1H3. The summed E-state index contributed by atoms with van der Waals surface area (Å²) in [6.45, 7) is 1.87. The van der Waals surface area contributed by atoms with Crippen LogP contribution in [-0.2, 0) is 21.4 Å². The molecule has 0 spiro atoms. The molecule has 0 aliphatic heterocycles. The van der Waals surface area contributed by atoms with E-state index in [0.29, 0.717) is 6.42 Å². The van der Waals surface area contributed by atoms with E-state index in [0.717, 1.165) is 24.0 Å². The quantitative estimate of drug-likeness (QED) is 0.839. The summed E-state index contributed by atoms with van der Waals surface area (Å²) in [7, 11) is 0. The SMILES string of the molecule is CCOC(=O)C(O)C1(C#N)CCCc2ccccc21. The third-order valence-corrected chi connectivity index (χ3v) is 3.69. The molecule has 19 heavy (non-hydrogen) atoms. The van der Waals surface area contributed by atoms with Gasteiger partial charge in [-0.05, 0) is 37.3 Å². The van der Waals surface area contributed by atoms with Crippen molar-refractivity contribution in [1.82, 2.24) is 0 Å². The van der Waals surface area contributed by atoms with Gasteiger partial charge >= 0.3 is 5.97 Å². The maximum Gasteiger partial charge on any atom is 0.337 e. The summed E-state index contributed by atoms with van der Waals surface area (Å²) >= 11 is 0. The molecule has 1 aromatic carbocycles. The van der Waals surface area contributed by atoms with Crippen molar-refractivity contribution in [3.05, 3.63) is 35.4 Å². The molecule has 0 saturated heterocycles. The van der Waals surface area contributed by atoms with E-state index in [2.05, 4.69) is 6.07 Å². The Bertz CT molecular complexity index is 520. The second-order valence-corrected chi connectivity index (χ2v) is 4.75. The lowest BCUT2D eigenvalue weighted by Crippen LogP contribution is -2.46. The van der Waals surface area contributed by atoms with Crippen molar-refractivity contribution in [2.45, 2.75) is 37.7 Å². The second kappa shape index (κ2) is 5.41. The number of aliphatic hydroxyl groups excluding tert-OH is 1. The van der Waals surface area contributed by atoms with Gasteiger partial charge in [0.05, 0.1) is 12.7 Å². The number of ether oxygens (including phenoxy) is 1. The van der Waals surface area contributed by atoms with E-state index in [-0.39, 0.29) is 6.61 Å². The minimum atomic E-state index is -1.43. The minimum Gasteiger partial charge on any atom is -0.464 e. The predicted octanol–water partition coefficient (Wildman–Crippen LogP) is 1.71. The number of aryl methyl sites for hydroxylation is 1. The van der Waals surface area contributed by atoms with E-state index in [1.54, 1.807) is 6.92 Å². The van der Waals surface area contributed by atoms with Gasteiger partial charge in [-0.2, -0.15) is 5.26 Å². The van der Waals surface area contributed by atoms with Gasteiger partial charge in [0.15, 0.2) is 6.10 Å². The first-order chi connectivity index (χ1) is 9.15. The summed E-state index contributed by atoms with van der Waals surface area (Å²) in [5, 5.41) is 19.8. The van der Waals surface area contributed by atoms with Crippen LogP contribution in [0.2, 0.25) is 0 Å². The van der Waals surface area contributed by atoms with Crippen molar-refractivity contribution in [2.75, 3.05) is 6.61 Å². The van der Waals surface area contributed by atoms with Gasteiger partial charge in [-0.15, -0.1) is 0 Å². The highest BCUT2D eigenvalue weighted by Crippen LogP contribution is 2.40. The van der Waals surface area contributed by atoms with Crippen LogP contribution in [0.15, 0.2) is 24.3 Å². The van der Waals surface area contributed by atoms with E-state index >= 15 is 0 Å². The average molecular weight is 259 g/mol. The van der Waals surface area contributed by atoms with Crippen molar-refractivity contribution in [1.29, 1.82) is 5.26 Å². The van der Waals surface area contributed by atoms with Gasteiger partial charge in [0.25, 0.3) is 0 Å². The van der Waals surface area contributed by atoms with Gasteiger partial charge in [0.2, 0.25) is 0 Å². The molecule has 0 heterocycles. The highest BCUT2D eigenvalue weighted by molar-refractivity contribution is 5.78. The Balaban J connectivity index is 2.45. The van der Waals surface area contributed by atoms with Crippen molar-refractivity contribution in [2.24, 2.45) is 0 Å². The summed E-state index contributed by atoms with van der Waals surface area (Å²) in [5.74, 6) is -0.722. The molecule has 0 bridgehead atoms. The summed E-state index contributed by atoms with van der Waals surface area (Å²) in [5.41, 5.74) is 0.601. The molecule has 0 fully saturated rings. The molecule has 1 aliphatic carbocycles. The van der Waals surface area contributed by atoms with Crippen molar-refractivity contribution in [3.8, 4) is 6.07 Å². The minimum absolute atomic E-state index is 0.194. The zero-order chi connectivity index (χ0) is 13.9. The number of rotatable bonds is 3. The third-order valence-electron chi connectivity index (χ3n) is 3.69. The molecule has 1 aliphatic rings. The molecule has 2 atom stereocenters. The highest BCUT2D eigenvalue weighted by Gasteiger charge is 2.47. The summed E-state index contributed by atoms with van der Waals surface area (Å²) < 4.78 is 4.86. The zero-order valence-corrected chi connectivity index (χ0v) is 10.9. The number of benzene rings is 1. The number of nitriles is 1. The normalized spacial score (nSPS) is 23.0. The number of nitrogens with zero attached hydrogens (tertiary/aromatic N) is 1. The Labute approximate surface area is 112 Å². The molecule has 1 aromatic rings. The first kappa shape index (κ1) is 13.6. The third kappa shape index (κ3) is 2.22. The monoisotopic (exact) mass is 259 g/mol. The molecule has 0 amide bonds. The molecule has 100 valence electrons. The van der Waals surface area contributed by atoms with E-state index in [9.17, 15) is 15.2 Å². The van der Waals surface area contributed by atoms with Crippen molar-refractivity contribution >= 4 is 5.97 Å². The zero-order valence-electron chi connectivity index (χ0n) is 10.9. The topological polar surface area (TPSA) is 70.3 Å². The molecule has 2 rings (SSSR count). The maximum absolute atomic E-state index is 11.8. The maximum atomic E-state index is 11.8. The van der Waals surface area contributed by atoms with Crippen LogP contribution < -0.4 is 0 Å². The lowest BCUT2D eigenvalue weighted by Gasteiger charge is -2.35. The highest BCUT2D eigenvalue weighted by atomic mass is 16.5. The van der Waals surface area contributed by atoms with Crippen LogP contribution in [0.1, 0.15) is 30.9 Å². The van der Waals surface area contributed by atoms with Crippen LogP contribution in [0.3, 0.4) is 0 Å². The second-order valence-electron chi connectivity index (χ2n) is 4.75. The van der Waals surface area contributed by atoms with Gasteiger partial charge in [0, 0.05) is 0 Å². The molecule has 0 aromatic heterocycles. The molecule has 4 heteroatoms. The largest absolute Gasteiger partial charge is 0.464 e. The summed E-state index contributed by atoms with van der Waals surface area (Å²) in [6, 6.07) is 9.66. The van der Waals surface area contributed by atoms with E-state index in [1.165, 1.54) is 0 Å². The van der Waals surface area contributed by atoms with Crippen LogP contribution in [0.4, 0.5) is 0 Å². The molecule has 0 saturated carbocycles. The Morgan fingerprint density at radius 3 is 3.00 bits per heavy atom. The molecular formula is C15H17NO3. The van der Waals surface area contributed by atoms with Gasteiger partial charge in [-0.1, -0.05) is 24.3 Å². The lowest BCUT2D eigenvalue weighted by atomic mass is 9.67. The number of hydrogen-bond donors (Lipinski definition) is 1. The van der Waals surface area contributed by atoms with Gasteiger partial charge in [0.1, 0.15) is 5.41 Å². The number of esters is 1. The number of fused-ring (bicyclic) bond motifs is 1. The fraction of sp³-hybridized carbons (Fsp3) is 0.467. The lowest BCUT2D eigenvalue weighted by molar-refractivity contribution is -0.156. The van der Waals surface area contributed by atoms with Crippen molar-refractivity contribution < 1.29 is 14.6 Å². The molecule has 4 nitrogen and oxygen atoms in total. The smallest absolute Gasteiger partial charge is 0.337 e. The van der Waals surface area contributed by atoms with Gasteiger partial charge in [-0.25, -0.2) is 4.79 Å². The fourth-order valence-electron chi connectivity index (χ4n) is 2.75. The Morgan fingerprint density at radius 1 is 1.58 bits per heavy atom. The first-order valence-electron chi connectivity index (χ1n) is 6.50. The Hall–Kier alpha value is -1.86. The number of hydrogen-bond acceptors (Lipinski definition) is 4. The van der Waals surface area contributed by atoms with Crippen molar-refractivity contribution in [3.63, 3.8) is 0 Å². The number of carbonyl (C=O) groups excluding carboxylic acids is 1. The molecule has 0 radical (unpaired) electrons. The van der Waals surface area contributed by atoms with Crippen LogP contribution in [0.5, 0.6) is 0 Å². The van der Waals surface area contributed by atoms with E-state index in [1.807, 2.05) is 24.3 Å². The van der Waals surface area contributed by atoms with Crippen LogP contribution in [-0.4, -0.2) is 23.8 Å². The molecule has 2 unspecified atom stereocenters. The van der Waals surface area contributed by atoms with E-state index in [4.69, 9.17) is 4.74 Å². The molecular weight excluding hydrogens is 242 g/mol. The van der Waals surface area contributed by atoms with Crippen LogP contribution in [0.25, 0.3) is 0 Å². The number of carbonyl (C=O) groups is 1. The fourth-order valence-corrected chi connectivity index (χ4v) is 2.75. The van der Waals surface area contributed by atoms with Gasteiger partial charge < -0.3 is 9.84 Å². The van der Waals surface area contributed by atoms with Gasteiger partial charge in [-0.3, -0.25) is 0 Å². The van der Waals surface area contributed by atoms with Crippen LogP contribution >= 0.6 is 0 Å². The summed E-state index contributed by atoms with van der Waals surface area (Å²) in [6.07, 6.45) is 0.690. The average Bonchev–Trinajstić information content (AvgIpc) is 2.46. The number of aliphatic hydroxyl groups is 1. The first-order valence-corrected chi connectivity index (χ1v) is 6.50. The van der Waals surface area contributed by atoms with E-state index < -0.39 is 17.5 Å².